The summed E-state index contributed by atoms with van der Waals surface area (Å²) in [4.78, 5) is 14.2. The number of carbonyl (C=O) groups excluding carboxylic acids is 1. The number of hydrogen-bond acceptors (Lipinski definition) is 4. The van der Waals surface area contributed by atoms with Crippen molar-refractivity contribution >= 4 is 34.3 Å². The van der Waals surface area contributed by atoms with Crippen molar-refractivity contribution in [2.24, 2.45) is 0 Å². The molecule has 2 aromatic heterocycles. The fourth-order valence-electron chi connectivity index (χ4n) is 4.35. The second-order valence-electron chi connectivity index (χ2n) is 9.19. The number of anilines is 1. The minimum atomic E-state index is -0.621. The molecule has 0 aliphatic carbocycles. The first-order valence-corrected chi connectivity index (χ1v) is 11.8. The number of nitrogens with zero attached hydrogens (tertiary/aromatic N) is 4. The van der Waals surface area contributed by atoms with Crippen LogP contribution in [0.2, 0.25) is 5.02 Å². The zero-order valence-electron chi connectivity index (χ0n) is 20.2. The highest BCUT2D eigenvalue weighted by atomic mass is 35.5. The Kier molecular flexibility index (Phi) is 6.41. The smallest absolute Gasteiger partial charge is 0.412 e. The molecule has 0 aliphatic rings. The van der Waals surface area contributed by atoms with Crippen LogP contribution in [0.5, 0.6) is 0 Å². The van der Waals surface area contributed by atoms with Crippen LogP contribution in [0, 0.1) is 0 Å². The van der Waals surface area contributed by atoms with Crippen LogP contribution in [0.4, 0.5) is 10.5 Å². The van der Waals surface area contributed by atoms with Gasteiger partial charge in [0.25, 0.3) is 0 Å². The Morgan fingerprint density at radius 1 is 1.09 bits per heavy atom. The average molecular weight is 480 g/mol. The molecule has 4 aromatic rings. The molecule has 0 bridgehead atoms. The fraction of sp³-hybridized carbons (Fsp3) is 0.346. The lowest BCUT2D eigenvalue weighted by Gasteiger charge is -2.34. The van der Waals surface area contributed by atoms with E-state index in [9.17, 15) is 4.79 Å². The lowest BCUT2D eigenvalue weighted by Crippen LogP contribution is -2.36. The third-order valence-electron chi connectivity index (χ3n) is 5.86. The predicted molar refractivity (Wildman–Crippen MR) is 135 cm³/mol. The van der Waals surface area contributed by atoms with Crippen molar-refractivity contribution in [2.45, 2.75) is 58.7 Å². The molecular weight excluding hydrogens is 450 g/mol. The minimum absolute atomic E-state index is 0.488. The number of nitrogens with one attached hydrogen (secondary N) is 1. The van der Waals surface area contributed by atoms with Crippen LogP contribution in [-0.4, -0.2) is 31.3 Å². The maximum atomic E-state index is 12.5. The van der Waals surface area contributed by atoms with Crippen molar-refractivity contribution in [3.8, 4) is 0 Å². The molecule has 1 atom stereocenters. The Labute approximate surface area is 204 Å². The van der Waals surface area contributed by atoms with Gasteiger partial charge in [0.2, 0.25) is 0 Å². The Morgan fingerprint density at radius 3 is 2.44 bits per heavy atom. The molecule has 2 aromatic carbocycles. The van der Waals surface area contributed by atoms with Crippen LogP contribution >= 0.6 is 11.6 Å². The zero-order chi connectivity index (χ0) is 24.5. The van der Waals surface area contributed by atoms with E-state index in [1.54, 1.807) is 4.80 Å². The molecule has 0 saturated heterocycles. The number of halogens is 1. The van der Waals surface area contributed by atoms with Gasteiger partial charge in [0.1, 0.15) is 16.8 Å². The highest BCUT2D eigenvalue weighted by molar-refractivity contribution is 6.30. The summed E-state index contributed by atoms with van der Waals surface area (Å²) >= 11 is 6.22. The second kappa shape index (κ2) is 9.14. The molecule has 2 heterocycles. The van der Waals surface area contributed by atoms with Crippen LogP contribution in [0.1, 0.15) is 52.3 Å². The summed E-state index contributed by atoms with van der Waals surface area (Å²) in [7, 11) is 0. The van der Waals surface area contributed by atoms with Gasteiger partial charge < -0.3 is 9.30 Å². The van der Waals surface area contributed by atoms with E-state index in [2.05, 4.69) is 21.9 Å². The van der Waals surface area contributed by atoms with E-state index in [1.165, 1.54) is 0 Å². The Hall–Kier alpha value is -3.32. The number of fused-ring (bicyclic) bond motifs is 1. The quantitative estimate of drug-likeness (QED) is 0.344. The van der Waals surface area contributed by atoms with Crippen LogP contribution < -0.4 is 5.32 Å². The summed E-state index contributed by atoms with van der Waals surface area (Å²) in [6.45, 7) is 10.4. The lowest BCUT2D eigenvalue weighted by atomic mass is 9.83. The van der Waals surface area contributed by atoms with E-state index < -0.39 is 17.2 Å². The van der Waals surface area contributed by atoms with Gasteiger partial charge in [-0.15, -0.1) is 0 Å². The molecule has 4 rings (SSSR count). The summed E-state index contributed by atoms with van der Waals surface area (Å²) in [5.74, 6) is 0. The summed E-state index contributed by atoms with van der Waals surface area (Å²) in [5, 5.41) is 13.8. The van der Waals surface area contributed by atoms with Crippen molar-refractivity contribution in [1.82, 2.24) is 19.6 Å². The summed E-state index contributed by atoms with van der Waals surface area (Å²) in [5.41, 5.74) is 2.32. The monoisotopic (exact) mass is 479 g/mol. The van der Waals surface area contributed by atoms with Crippen molar-refractivity contribution in [3.05, 3.63) is 77.2 Å². The van der Waals surface area contributed by atoms with Crippen LogP contribution in [-0.2, 0) is 16.8 Å². The molecule has 0 spiro atoms. The Morgan fingerprint density at radius 2 is 1.82 bits per heavy atom. The molecule has 0 saturated carbocycles. The van der Waals surface area contributed by atoms with Gasteiger partial charge in [-0.25, -0.2) is 4.79 Å². The Balaban J connectivity index is 1.89. The largest absolute Gasteiger partial charge is 0.444 e. The van der Waals surface area contributed by atoms with E-state index in [0.717, 1.165) is 28.6 Å². The highest BCUT2D eigenvalue weighted by Gasteiger charge is 2.38. The molecule has 1 unspecified atom stereocenters. The van der Waals surface area contributed by atoms with Gasteiger partial charge in [-0.05, 0) is 70.0 Å². The molecule has 0 fully saturated rings. The minimum Gasteiger partial charge on any atom is -0.444 e. The van der Waals surface area contributed by atoms with E-state index in [4.69, 9.17) is 21.4 Å². The maximum absolute atomic E-state index is 12.5. The van der Waals surface area contributed by atoms with Crippen LogP contribution in [0.3, 0.4) is 0 Å². The first-order chi connectivity index (χ1) is 16.2. The SMILES string of the molecule is CCn1ncc(C(CC)(c2ccc(Cl)cc2)n2ccc3c(NC(=O)OC(C)(C)C)cccc32)n1. The number of benzene rings is 2. The predicted octanol–water partition coefficient (Wildman–Crippen LogP) is 6.46. The van der Waals surface area contributed by atoms with E-state index in [0.29, 0.717) is 17.3 Å². The van der Waals surface area contributed by atoms with E-state index >= 15 is 0 Å². The number of ether oxygens (including phenoxy) is 1. The van der Waals surface area contributed by atoms with Crippen molar-refractivity contribution < 1.29 is 9.53 Å². The maximum Gasteiger partial charge on any atom is 0.412 e. The number of rotatable bonds is 6. The third kappa shape index (κ3) is 4.40. The number of aromatic nitrogens is 4. The molecule has 0 aliphatic heterocycles. The van der Waals surface area contributed by atoms with E-state index in [-0.39, 0.29) is 0 Å². The second-order valence-corrected chi connectivity index (χ2v) is 9.63. The molecule has 7 nitrogen and oxygen atoms in total. The zero-order valence-corrected chi connectivity index (χ0v) is 20.9. The number of aryl methyl sites for hydroxylation is 1. The fourth-order valence-corrected chi connectivity index (χ4v) is 4.48. The van der Waals surface area contributed by atoms with Crippen molar-refractivity contribution in [1.29, 1.82) is 0 Å². The van der Waals surface area contributed by atoms with Gasteiger partial charge in [0, 0.05) is 16.6 Å². The highest BCUT2D eigenvalue weighted by Crippen LogP contribution is 2.40. The van der Waals surface area contributed by atoms with Gasteiger partial charge in [0.15, 0.2) is 0 Å². The third-order valence-corrected chi connectivity index (χ3v) is 6.11. The van der Waals surface area contributed by atoms with Crippen LogP contribution in [0.15, 0.2) is 60.9 Å². The molecule has 1 amide bonds. The first-order valence-electron chi connectivity index (χ1n) is 11.4. The Bertz CT molecular complexity index is 1300. The van der Waals surface area contributed by atoms with Gasteiger partial charge in [-0.2, -0.15) is 15.0 Å². The normalized spacial score (nSPS) is 13.6. The number of amides is 1. The molecule has 1 N–H and O–H groups in total. The van der Waals surface area contributed by atoms with Gasteiger partial charge in [-0.3, -0.25) is 5.32 Å². The number of carbonyl (C=O) groups is 1. The summed E-state index contributed by atoms with van der Waals surface area (Å²) in [6, 6.07) is 15.7. The van der Waals surface area contributed by atoms with Gasteiger partial charge >= 0.3 is 6.09 Å². The lowest BCUT2D eigenvalue weighted by molar-refractivity contribution is 0.0636. The summed E-state index contributed by atoms with van der Waals surface area (Å²) < 4.78 is 7.66. The van der Waals surface area contributed by atoms with E-state index in [1.807, 2.05) is 88.6 Å². The van der Waals surface area contributed by atoms with Gasteiger partial charge in [-0.1, -0.05) is 36.7 Å². The standard InChI is InChI=1S/C26H30ClN5O2/c1-6-26(18-11-13-19(27)14-12-18,23-17-28-32(7-2)30-23)31-16-15-20-21(9-8-10-22(20)31)29-24(33)34-25(3,4)5/h8-17H,6-7H2,1-5H3,(H,29,33). The van der Waals surface area contributed by atoms with Crippen molar-refractivity contribution in [3.63, 3.8) is 0 Å². The molecular formula is C26H30ClN5O2. The van der Waals surface area contributed by atoms with Gasteiger partial charge in [0.05, 0.1) is 23.9 Å². The average Bonchev–Trinajstić information content (AvgIpc) is 3.43. The topological polar surface area (TPSA) is 74.0 Å². The summed E-state index contributed by atoms with van der Waals surface area (Å²) in [6.07, 6.45) is 4.10. The van der Waals surface area contributed by atoms with Crippen molar-refractivity contribution in [2.75, 3.05) is 5.32 Å². The molecule has 8 heteroatoms. The van der Waals surface area contributed by atoms with Crippen LogP contribution in [0.25, 0.3) is 10.9 Å². The first kappa shape index (κ1) is 23.8. The molecule has 178 valence electrons. The molecule has 34 heavy (non-hydrogen) atoms. The molecule has 0 radical (unpaired) electrons. The number of hydrogen-bond donors (Lipinski definition) is 1.